The van der Waals surface area contributed by atoms with E-state index in [9.17, 15) is 8.78 Å². The molecule has 276 valence electrons. The predicted molar refractivity (Wildman–Crippen MR) is 201 cm³/mol. The molecule has 0 bridgehead atoms. The van der Waals surface area contributed by atoms with Crippen LogP contribution >= 0.6 is 0 Å². The van der Waals surface area contributed by atoms with Crippen molar-refractivity contribution in [2.75, 3.05) is 46.6 Å². The van der Waals surface area contributed by atoms with Crippen molar-refractivity contribution in [3.8, 4) is 11.3 Å². The molecule has 16 nitrogen and oxygen atoms in total. The van der Waals surface area contributed by atoms with E-state index in [2.05, 4.69) is 61.0 Å². The Kier molecular flexibility index (Phi) is 9.82. The molecule has 6 aromatic heterocycles. The first-order chi connectivity index (χ1) is 26.4. The smallest absolute Gasteiger partial charge is 0.250 e. The van der Waals surface area contributed by atoms with Gasteiger partial charge in [-0.2, -0.15) is 19.2 Å². The summed E-state index contributed by atoms with van der Waals surface area (Å²) in [6, 6.07) is 14.8. The predicted octanol–water partition coefficient (Wildman–Crippen LogP) is 4.33. The molecule has 0 spiro atoms. The topological polar surface area (TPSA) is 195 Å². The van der Waals surface area contributed by atoms with E-state index in [0.29, 0.717) is 23.2 Å². The van der Waals surface area contributed by atoms with E-state index in [-0.39, 0.29) is 23.3 Å². The van der Waals surface area contributed by atoms with Gasteiger partial charge in [-0.3, -0.25) is 9.97 Å². The summed E-state index contributed by atoms with van der Waals surface area (Å²) in [7, 11) is 0. The van der Waals surface area contributed by atoms with Crippen LogP contribution in [0.25, 0.3) is 22.6 Å². The molecule has 7 aromatic rings. The summed E-state index contributed by atoms with van der Waals surface area (Å²) in [4.78, 5) is 12.9. The number of rotatable bonds is 7. The lowest BCUT2D eigenvalue weighted by molar-refractivity contribution is 0.506. The maximum Gasteiger partial charge on any atom is 0.250 e. The summed E-state index contributed by atoms with van der Waals surface area (Å²) in [6.45, 7) is 3.47. The summed E-state index contributed by atoms with van der Waals surface area (Å²) in [5.74, 6) is -0.504. The van der Waals surface area contributed by atoms with Crippen molar-refractivity contribution >= 4 is 45.9 Å². The number of hydrogen-bond acceptors (Lipinski definition) is 14. The maximum absolute atomic E-state index is 14.2. The van der Waals surface area contributed by atoms with Crippen LogP contribution in [0.3, 0.4) is 0 Å². The largest absolute Gasteiger partial charge is 0.368 e. The molecule has 0 aliphatic carbocycles. The summed E-state index contributed by atoms with van der Waals surface area (Å²) in [5.41, 5.74) is 16.9. The zero-order valence-electron chi connectivity index (χ0n) is 29.2. The van der Waals surface area contributed by atoms with Crippen LogP contribution < -0.4 is 31.9 Å². The fraction of sp³-hybridized carbons (Fsp3) is 0.278. The number of aromatic nitrogens is 10. The van der Waals surface area contributed by atoms with Crippen molar-refractivity contribution in [2.24, 2.45) is 11.5 Å². The normalized spacial score (nSPS) is 17.3. The molecule has 2 aliphatic heterocycles. The lowest BCUT2D eigenvalue weighted by atomic mass is 10.1. The van der Waals surface area contributed by atoms with Crippen molar-refractivity contribution in [2.45, 2.75) is 37.8 Å². The van der Waals surface area contributed by atoms with E-state index in [1.807, 2.05) is 24.3 Å². The van der Waals surface area contributed by atoms with Gasteiger partial charge in [0.1, 0.15) is 11.6 Å². The Balaban J connectivity index is 0.000000160. The highest BCUT2D eigenvalue weighted by molar-refractivity contribution is 5.74. The van der Waals surface area contributed by atoms with Crippen LogP contribution in [0.15, 0.2) is 85.6 Å². The molecule has 0 saturated carbocycles. The van der Waals surface area contributed by atoms with Gasteiger partial charge >= 0.3 is 0 Å². The minimum atomic E-state index is -0.689. The number of nitrogens with zero attached hydrogens (tertiary/aromatic N) is 12. The van der Waals surface area contributed by atoms with E-state index >= 15 is 0 Å². The zero-order chi connectivity index (χ0) is 37.0. The quantitative estimate of drug-likeness (QED) is 0.181. The van der Waals surface area contributed by atoms with Gasteiger partial charge in [-0.15, -0.1) is 20.4 Å². The van der Waals surface area contributed by atoms with Gasteiger partial charge in [-0.25, -0.2) is 8.78 Å². The van der Waals surface area contributed by atoms with Gasteiger partial charge < -0.3 is 31.9 Å². The number of fused-ring (bicyclic) bond motifs is 2. The van der Waals surface area contributed by atoms with E-state index in [4.69, 9.17) is 11.5 Å². The molecule has 18 heteroatoms. The van der Waals surface area contributed by atoms with Crippen LogP contribution in [0.4, 0.5) is 43.4 Å². The summed E-state index contributed by atoms with van der Waals surface area (Å²) in [6.07, 6.45) is 12.9. The first kappa shape index (κ1) is 34.7. The van der Waals surface area contributed by atoms with Crippen molar-refractivity contribution in [1.29, 1.82) is 0 Å². The van der Waals surface area contributed by atoms with Crippen LogP contribution in [0.2, 0.25) is 0 Å². The zero-order valence-corrected chi connectivity index (χ0v) is 29.2. The van der Waals surface area contributed by atoms with E-state index in [0.717, 1.165) is 74.6 Å². The third-order valence-electron chi connectivity index (χ3n) is 9.35. The van der Waals surface area contributed by atoms with Gasteiger partial charge in [-0.1, -0.05) is 6.07 Å². The Morgan fingerprint density at radius 2 is 1.20 bits per heavy atom. The Morgan fingerprint density at radius 1 is 0.630 bits per heavy atom. The molecule has 1 aromatic carbocycles. The molecular weight excluding hydrogens is 695 g/mol. The lowest BCUT2D eigenvalue weighted by Crippen LogP contribution is -2.43. The standard InChI is InChI=1S/C21H20F2N8.C15H18N8/c22-14-4-1-5-15(23)20(14)16-6-7-19-27-28-21(31(19)29-16)26-17-11-25-9-8-18(17)30-10-2-3-13(24)12-30;16-11-3-2-8-22(10-11)13-5-7-17-9-12(13)19-15-21-20-14-4-1-6-18-23(14)15/h1,4-9,11,13H,2-3,10,12,24H2,(H,26,28);1,4-7,9,11H,2-3,8,10,16H2,(H,19,21)/t13-;11-/m00/s1. The molecule has 9 rings (SSSR count). The fourth-order valence-corrected chi connectivity index (χ4v) is 6.78. The van der Waals surface area contributed by atoms with Crippen molar-refractivity contribution in [1.82, 2.24) is 49.6 Å². The van der Waals surface area contributed by atoms with Gasteiger partial charge in [0.15, 0.2) is 11.3 Å². The second-order valence-electron chi connectivity index (χ2n) is 13.2. The summed E-state index contributed by atoms with van der Waals surface area (Å²) >= 11 is 0. The molecule has 0 radical (unpaired) electrons. The number of halogens is 2. The van der Waals surface area contributed by atoms with Crippen LogP contribution in [-0.2, 0) is 0 Å². The fourth-order valence-electron chi connectivity index (χ4n) is 6.78. The Morgan fingerprint density at radius 3 is 1.80 bits per heavy atom. The van der Waals surface area contributed by atoms with E-state index in [1.54, 1.807) is 41.6 Å². The molecule has 2 aliphatic rings. The highest BCUT2D eigenvalue weighted by Gasteiger charge is 2.22. The second kappa shape index (κ2) is 15.3. The molecular formula is C36H38F2N16. The number of nitrogens with one attached hydrogen (secondary N) is 2. The highest BCUT2D eigenvalue weighted by atomic mass is 19.1. The minimum Gasteiger partial charge on any atom is -0.368 e. The Labute approximate surface area is 308 Å². The molecule has 2 saturated heterocycles. The molecule has 54 heavy (non-hydrogen) atoms. The van der Waals surface area contributed by atoms with Gasteiger partial charge in [0.05, 0.1) is 46.4 Å². The van der Waals surface area contributed by atoms with Crippen LogP contribution in [0.1, 0.15) is 25.7 Å². The van der Waals surface area contributed by atoms with E-state index < -0.39 is 11.6 Å². The van der Waals surface area contributed by atoms with Crippen LogP contribution in [0, 0.1) is 11.6 Å². The van der Waals surface area contributed by atoms with Crippen LogP contribution in [0.5, 0.6) is 0 Å². The summed E-state index contributed by atoms with van der Waals surface area (Å²) < 4.78 is 31.6. The van der Waals surface area contributed by atoms with Crippen molar-refractivity contribution < 1.29 is 8.78 Å². The van der Waals surface area contributed by atoms with Crippen LogP contribution in [-0.4, -0.2) is 87.9 Å². The molecule has 0 unspecified atom stereocenters. The summed E-state index contributed by atoms with van der Waals surface area (Å²) in [5, 5.41) is 31.6. The number of anilines is 6. The minimum absolute atomic E-state index is 0.114. The Hall–Kier alpha value is -6.40. The first-order valence-corrected chi connectivity index (χ1v) is 17.7. The number of benzene rings is 1. The monoisotopic (exact) mass is 732 g/mol. The molecule has 6 N–H and O–H groups in total. The number of pyridine rings is 2. The molecule has 8 heterocycles. The first-order valence-electron chi connectivity index (χ1n) is 17.7. The average molecular weight is 733 g/mol. The molecule has 2 atom stereocenters. The average Bonchev–Trinajstić information content (AvgIpc) is 3.79. The Bertz CT molecular complexity index is 2360. The SMILES string of the molecule is N[C@H]1CCCN(c2ccncc2Nc2nnc3ccc(-c4c(F)cccc4F)nn23)C1.N[C@H]1CCCN(c2ccncc2Nc2nnc3cccnn23)C1. The number of piperidine rings is 2. The lowest BCUT2D eigenvalue weighted by Gasteiger charge is -2.33. The highest BCUT2D eigenvalue weighted by Crippen LogP contribution is 2.31. The van der Waals surface area contributed by atoms with Gasteiger partial charge in [-0.05, 0) is 74.2 Å². The van der Waals surface area contributed by atoms with Gasteiger partial charge in [0.25, 0.3) is 11.9 Å². The molecule has 2 fully saturated rings. The molecule has 0 amide bonds. The van der Waals surface area contributed by atoms with Crippen molar-refractivity contribution in [3.63, 3.8) is 0 Å². The second-order valence-corrected chi connectivity index (χ2v) is 13.2. The van der Waals surface area contributed by atoms with Gasteiger partial charge in [0.2, 0.25) is 0 Å². The van der Waals surface area contributed by atoms with Crippen molar-refractivity contribution in [3.05, 3.63) is 97.2 Å². The van der Waals surface area contributed by atoms with E-state index in [1.165, 1.54) is 28.8 Å². The third-order valence-corrected chi connectivity index (χ3v) is 9.35. The van der Waals surface area contributed by atoms with Gasteiger partial charge in [0, 0.05) is 56.9 Å². The number of hydrogen-bond donors (Lipinski definition) is 4. The number of nitrogens with two attached hydrogens (primary N) is 2. The maximum atomic E-state index is 14.2. The third kappa shape index (κ3) is 7.28.